The molecule has 0 spiro atoms. The van der Waals surface area contributed by atoms with Gasteiger partial charge in [-0.25, -0.2) is 0 Å². The summed E-state index contributed by atoms with van der Waals surface area (Å²) in [5, 5.41) is 0. The third kappa shape index (κ3) is 5.07. The zero-order valence-electron chi connectivity index (χ0n) is 16.4. The molecular formula is C21H24F2N2O4. The van der Waals surface area contributed by atoms with Crippen molar-refractivity contribution in [1.82, 2.24) is 4.90 Å². The third-order valence-corrected chi connectivity index (χ3v) is 4.69. The fourth-order valence-corrected chi connectivity index (χ4v) is 3.26. The molecule has 0 aliphatic carbocycles. The van der Waals surface area contributed by atoms with Gasteiger partial charge in [-0.2, -0.15) is 8.78 Å². The average Bonchev–Trinajstić information content (AvgIpc) is 2.74. The lowest BCUT2D eigenvalue weighted by Gasteiger charge is -2.36. The minimum absolute atomic E-state index is 0.0822. The highest BCUT2D eigenvalue weighted by Crippen LogP contribution is 2.30. The van der Waals surface area contributed by atoms with Gasteiger partial charge in [0, 0.05) is 43.5 Å². The summed E-state index contributed by atoms with van der Waals surface area (Å²) < 4.78 is 40.2. The van der Waals surface area contributed by atoms with E-state index in [2.05, 4.69) is 9.64 Å². The van der Waals surface area contributed by atoms with E-state index in [1.807, 2.05) is 24.3 Å². The highest BCUT2D eigenvalue weighted by molar-refractivity contribution is 5.95. The Morgan fingerprint density at radius 3 is 2.48 bits per heavy atom. The smallest absolute Gasteiger partial charge is 0.387 e. The maximum absolute atomic E-state index is 12.9. The highest BCUT2D eigenvalue weighted by atomic mass is 19.3. The van der Waals surface area contributed by atoms with Crippen molar-refractivity contribution in [3.63, 3.8) is 0 Å². The minimum Gasteiger partial charge on any atom is -0.497 e. The maximum atomic E-state index is 12.9. The third-order valence-electron chi connectivity index (χ3n) is 4.69. The summed E-state index contributed by atoms with van der Waals surface area (Å²) in [6.07, 6.45) is 0. The van der Waals surface area contributed by atoms with Crippen molar-refractivity contribution in [2.45, 2.75) is 13.5 Å². The lowest BCUT2D eigenvalue weighted by molar-refractivity contribution is -0.0514. The largest absolute Gasteiger partial charge is 0.497 e. The van der Waals surface area contributed by atoms with Crippen LogP contribution in [0.1, 0.15) is 17.3 Å². The van der Waals surface area contributed by atoms with Crippen LogP contribution in [0.5, 0.6) is 17.2 Å². The van der Waals surface area contributed by atoms with Gasteiger partial charge in [-0.05, 0) is 37.3 Å². The molecule has 0 N–H and O–H groups in total. The lowest BCUT2D eigenvalue weighted by Crippen LogP contribution is -2.48. The Kier molecular flexibility index (Phi) is 6.74. The van der Waals surface area contributed by atoms with Crippen molar-refractivity contribution in [3.05, 3.63) is 48.0 Å². The summed E-state index contributed by atoms with van der Waals surface area (Å²) in [7, 11) is 1.63. The number of rotatable bonds is 7. The predicted octanol–water partition coefficient (Wildman–Crippen LogP) is 3.66. The Hall–Kier alpha value is -3.03. The molecule has 1 heterocycles. The molecule has 6 nitrogen and oxygen atoms in total. The van der Waals surface area contributed by atoms with Crippen LogP contribution in [-0.2, 0) is 0 Å². The first-order chi connectivity index (χ1) is 14.0. The van der Waals surface area contributed by atoms with Gasteiger partial charge in [-0.15, -0.1) is 0 Å². The van der Waals surface area contributed by atoms with Crippen molar-refractivity contribution in [3.8, 4) is 17.2 Å². The molecule has 0 unspecified atom stereocenters. The van der Waals surface area contributed by atoms with Crippen molar-refractivity contribution in [1.29, 1.82) is 0 Å². The van der Waals surface area contributed by atoms with Crippen molar-refractivity contribution >= 4 is 11.6 Å². The van der Waals surface area contributed by atoms with Crippen LogP contribution in [0.3, 0.4) is 0 Å². The SMILES string of the molecule is CCOc1cc(C(=O)N2CCN(c3cccc(OC)c3)CC2)ccc1OC(F)F. The molecule has 29 heavy (non-hydrogen) atoms. The summed E-state index contributed by atoms with van der Waals surface area (Å²) in [6.45, 7) is 1.52. The van der Waals surface area contributed by atoms with E-state index in [1.165, 1.54) is 18.2 Å². The Morgan fingerprint density at radius 1 is 1.07 bits per heavy atom. The van der Waals surface area contributed by atoms with Crippen LogP contribution in [-0.4, -0.2) is 57.3 Å². The van der Waals surface area contributed by atoms with Gasteiger partial charge in [0.25, 0.3) is 5.91 Å². The van der Waals surface area contributed by atoms with Gasteiger partial charge in [0.15, 0.2) is 11.5 Å². The van der Waals surface area contributed by atoms with Gasteiger partial charge in [-0.3, -0.25) is 4.79 Å². The van der Waals surface area contributed by atoms with Crippen LogP contribution in [0.25, 0.3) is 0 Å². The molecule has 0 bridgehead atoms. The van der Waals surface area contributed by atoms with E-state index in [0.717, 1.165) is 11.4 Å². The number of carbonyl (C=O) groups is 1. The minimum atomic E-state index is -2.96. The van der Waals surface area contributed by atoms with Gasteiger partial charge in [0.1, 0.15) is 5.75 Å². The molecule has 0 saturated carbocycles. The number of ether oxygens (including phenoxy) is 3. The quantitative estimate of drug-likeness (QED) is 0.703. The number of piperazine rings is 1. The van der Waals surface area contributed by atoms with E-state index in [1.54, 1.807) is 18.9 Å². The molecule has 1 aliphatic heterocycles. The molecule has 1 amide bonds. The van der Waals surface area contributed by atoms with Crippen molar-refractivity contribution < 1.29 is 27.8 Å². The second-order valence-electron chi connectivity index (χ2n) is 6.45. The number of amides is 1. The average molecular weight is 406 g/mol. The Labute approximate surface area is 168 Å². The monoisotopic (exact) mass is 406 g/mol. The molecule has 1 fully saturated rings. The second-order valence-corrected chi connectivity index (χ2v) is 6.45. The Balaban J connectivity index is 1.67. The number of methoxy groups -OCH3 is 1. The Bertz CT molecular complexity index is 839. The van der Waals surface area contributed by atoms with E-state index in [0.29, 0.717) is 31.7 Å². The molecule has 1 saturated heterocycles. The van der Waals surface area contributed by atoms with Crippen LogP contribution in [0, 0.1) is 0 Å². The first-order valence-corrected chi connectivity index (χ1v) is 9.41. The number of hydrogen-bond donors (Lipinski definition) is 0. The summed E-state index contributed by atoms with van der Waals surface area (Å²) >= 11 is 0. The van der Waals surface area contributed by atoms with E-state index < -0.39 is 6.61 Å². The zero-order chi connectivity index (χ0) is 20.8. The van der Waals surface area contributed by atoms with Crippen LogP contribution in [0.15, 0.2) is 42.5 Å². The lowest BCUT2D eigenvalue weighted by atomic mass is 10.1. The number of benzene rings is 2. The van der Waals surface area contributed by atoms with Gasteiger partial charge in [0.2, 0.25) is 0 Å². The normalized spacial score (nSPS) is 14.1. The summed E-state index contributed by atoms with van der Waals surface area (Å²) in [5.41, 5.74) is 1.42. The molecule has 3 rings (SSSR count). The van der Waals surface area contributed by atoms with E-state index in [4.69, 9.17) is 9.47 Å². The fraction of sp³-hybridized carbons (Fsp3) is 0.381. The van der Waals surface area contributed by atoms with Gasteiger partial charge < -0.3 is 24.0 Å². The van der Waals surface area contributed by atoms with Gasteiger partial charge >= 0.3 is 6.61 Å². The summed E-state index contributed by atoms with van der Waals surface area (Å²) in [6, 6.07) is 12.1. The number of carbonyl (C=O) groups excluding carboxylic acids is 1. The van der Waals surface area contributed by atoms with Gasteiger partial charge in [-0.1, -0.05) is 6.07 Å². The first kappa shape index (κ1) is 20.7. The number of hydrogen-bond acceptors (Lipinski definition) is 5. The summed E-state index contributed by atoms with van der Waals surface area (Å²) in [4.78, 5) is 16.8. The molecule has 2 aromatic rings. The second kappa shape index (κ2) is 9.45. The molecule has 8 heteroatoms. The zero-order valence-corrected chi connectivity index (χ0v) is 16.4. The molecule has 0 atom stereocenters. The number of nitrogens with zero attached hydrogens (tertiary/aromatic N) is 2. The fourth-order valence-electron chi connectivity index (χ4n) is 3.26. The van der Waals surface area contributed by atoms with E-state index in [9.17, 15) is 13.6 Å². The topological polar surface area (TPSA) is 51.2 Å². The van der Waals surface area contributed by atoms with Crippen LogP contribution in [0.2, 0.25) is 0 Å². The molecular weight excluding hydrogens is 382 g/mol. The molecule has 156 valence electrons. The van der Waals surface area contributed by atoms with Gasteiger partial charge in [0.05, 0.1) is 13.7 Å². The predicted molar refractivity (Wildman–Crippen MR) is 105 cm³/mol. The molecule has 0 aromatic heterocycles. The molecule has 2 aromatic carbocycles. The molecule has 0 radical (unpaired) electrons. The van der Waals surface area contributed by atoms with Crippen LogP contribution in [0.4, 0.5) is 14.5 Å². The number of alkyl halides is 2. The highest BCUT2D eigenvalue weighted by Gasteiger charge is 2.24. The standard InChI is InChI=1S/C21H24F2N2O4/c1-3-28-19-13-15(7-8-18(19)29-21(22)23)20(26)25-11-9-24(10-12-25)16-5-4-6-17(14-16)27-2/h4-8,13-14,21H,3,9-12H2,1-2H3. The van der Waals surface area contributed by atoms with Crippen molar-refractivity contribution in [2.24, 2.45) is 0 Å². The van der Waals surface area contributed by atoms with Crippen LogP contribution >= 0.6 is 0 Å². The first-order valence-electron chi connectivity index (χ1n) is 9.41. The van der Waals surface area contributed by atoms with E-state index in [-0.39, 0.29) is 24.0 Å². The van der Waals surface area contributed by atoms with E-state index >= 15 is 0 Å². The number of halogens is 2. The summed E-state index contributed by atoms with van der Waals surface area (Å²) in [5.74, 6) is 0.672. The Morgan fingerprint density at radius 2 is 1.83 bits per heavy atom. The van der Waals surface area contributed by atoms with Crippen molar-refractivity contribution in [2.75, 3.05) is 44.8 Å². The molecule has 1 aliphatic rings. The van der Waals surface area contributed by atoms with Crippen LogP contribution < -0.4 is 19.1 Å². The maximum Gasteiger partial charge on any atom is 0.387 e. The number of anilines is 1.